The van der Waals surface area contributed by atoms with Gasteiger partial charge < -0.3 is 0 Å². The average Bonchev–Trinajstić information content (AvgIpc) is 2.53. The van der Waals surface area contributed by atoms with Crippen LogP contribution in [0.3, 0.4) is 0 Å². The molecule has 0 radical (unpaired) electrons. The van der Waals surface area contributed by atoms with E-state index in [1.165, 1.54) is 0 Å². The van der Waals surface area contributed by atoms with Crippen LogP contribution in [0.4, 0.5) is 15.8 Å². The Hall–Kier alpha value is -2.91. The van der Waals surface area contributed by atoms with Gasteiger partial charge in [-0.05, 0) is 35.9 Å². The molecule has 25 heavy (non-hydrogen) atoms. The summed E-state index contributed by atoms with van der Waals surface area (Å²) in [6.07, 6.45) is 0. The van der Waals surface area contributed by atoms with E-state index in [0.29, 0.717) is 12.1 Å². The molecule has 0 saturated heterocycles. The van der Waals surface area contributed by atoms with E-state index in [1.807, 2.05) is 0 Å². The van der Waals surface area contributed by atoms with Crippen molar-refractivity contribution in [3.8, 4) is 0 Å². The lowest BCUT2D eigenvalue weighted by Gasteiger charge is -2.06. The standard InChI is InChI=1S/C14H5Cl2FN2O6/c15-11-7(14(16)21)2-3-8(12(11)19(24)25)13(20)6-1-4-9(17)10(5-6)18(22)23/h1-5H. The summed E-state index contributed by atoms with van der Waals surface area (Å²) in [5, 5.41) is 20.3. The Bertz CT molecular complexity index is 947. The monoisotopic (exact) mass is 386 g/mol. The molecule has 2 aromatic carbocycles. The molecular formula is C14H5Cl2FN2O6. The zero-order valence-electron chi connectivity index (χ0n) is 11.9. The summed E-state index contributed by atoms with van der Waals surface area (Å²) in [4.78, 5) is 43.6. The van der Waals surface area contributed by atoms with Crippen LogP contribution < -0.4 is 0 Å². The van der Waals surface area contributed by atoms with Crippen molar-refractivity contribution in [2.24, 2.45) is 0 Å². The Morgan fingerprint density at radius 3 is 2.12 bits per heavy atom. The minimum Gasteiger partial charge on any atom is -0.288 e. The van der Waals surface area contributed by atoms with Crippen molar-refractivity contribution in [2.75, 3.05) is 0 Å². The summed E-state index contributed by atoms with van der Waals surface area (Å²) in [6.45, 7) is 0. The first-order chi connectivity index (χ1) is 11.6. The first-order valence-electron chi connectivity index (χ1n) is 6.30. The van der Waals surface area contributed by atoms with Crippen LogP contribution in [0, 0.1) is 26.0 Å². The molecule has 0 spiro atoms. The fourth-order valence-corrected chi connectivity index (χ4v) is 2.55. The summed E-state index contributed by atoms with van der Waals surface area (Å²) in [5.74, 6) is -2.18. The molecule has 0 heterocycles. The summed E-state index contributed by atoms with van der Waals surface area (Å²) < 4.78 is 13.4. The zero-order chi connectivity index (χ0) is 18.9. The van der Waals surface area contributed by atoms with Crippen molar-refractivity contribution < 1.29 is 23.8 Å². The molecule has 0 fully saturated rings. The van der Waals surface area contributed by atoms with E-state index in [9.17, 15) is 34.2 Å². The highest BCUT2D eigenvalue weighted by Crippen LogP contribution is 2.34. The Morgan fingerprint density at radius 2 is 1.60 bits per heavy atom. The highest BCUT2D eigenvalue weighted by molar-refractivity contribution is 6.69. The quantitative estimate of drug-likeness (QED) is 0.332. The highest BCUT2D eigenvalue weighted by atomic mass is 35.5. The number of carbonyl (C=O) groups excluding carboxylic acids is 2. The largest absolute Gasteiger partial charge is 0.305 e. The number of carbonyl (C=O) groups is 2. The third kappa shape index (κ3) is 3.47. The average molecular weight is 387 g/mol. The molecule has 2 rings (SSSR count). The van der Waals surface area contributed by atoms with Crippen molar-refractivity contribution >= 4 is 45.6 Å². The van der Waals surface area contributed by atoms with Gasteiger partial charge in [-0.3, -0.25) is 29.8 Å². The number of halogens is 3. The third-order valence-corrected chi connectivity index (χ3v) is 3.75. The SMILES string of the molecule is O=C(Cl)c1ccc(C(=O)c2ccc(F)c([N+](=O)[O-])c2)c([N+](=O)[O-])c1Cl. The van der Waals surface area contributed by atoms with Gasteiger partial charge in [0.05, 0.1) is 15.4 Å². The molecule has 11 heteroatoms. The highest BCUT2D eigenvalue weighted by Gasteiger charge is 2.29. The van der Waals surface area contributed by atoms with Crippen molar-refractivity contribution in [2.45, 2.75) is 0 Å². The summed E-state index contributed by atoms with van der Waals surface area (Å²) in [7, 11) is 0. The minimum atomic E-state index is -1.17. The fourth-order valence-electron chi connectivity index (χ4n) is 2.03. The number of nitro groups is 2. The van der Waals surface area contributed by atoms with Crippen LogP contribution in [0.1, 0.15) is 26.3 Å². The van der Waals surface area contributed by atoms with Crippen LogP contribution in [0.2, 0.25) is 5.02 Å². The molecule has 0 N–H and O–H groups in total. The van der Waals surface area contributed by atoms with Crippen LogP contribution in [0.15, 0.2) is 30.3 Å². The van der Waals surface area contributed by atoms with Crippen LogP contribution in [0.25, 0.3) is 0 Å². The van der Waals surface area contributed by atoms with E-state index in [-0.39, 0.29) is 11.1 Å². The van der Waals surface area contributed by atoms with Gasteiger partial charge in [0.1, 0.15) is 10.6 Å². The molecular weight excluding hydrogens is 382 g/mol. The molecule has 128 valence electrons. The van der Waals surface area contributed by atoms with Crippen molar-refractivity contribution in [3.63, 3.8) is 0 Å². The smallest absolute Gasteiger partial charge is 0.288 e. The van der Waals surface area contributed by atoms with Crippen LogP contribution in [0.5, 0.6) is 0 Å². The summed E-state index contributed by atoms with van der Waals surface area (Å²) >= 11 is 11.0. The van der Waals surface area contributed by atoms with E-state index in [2.05, 4.69) is 0 Å². The van der Waals surface area contributed by atoms with E-state index >= 15 is 0 Å². The Balaban J connectivity index is 2.66. The maximum atomic E-state index is 13.4. The van der Waals surface area contributed by atoms with Crippen LogP contribution in [-0.4, -0.2) is 20.9 Å². The predicted molar refractivity (Wildman–Crippen MR) is 84.8 cm³/mol. The molecule has 0 bridgehead atoms. The van der Waals surface area contributed by atoms with E-state index in [1.54, 1.807) is 0 Å². The maximum absolute atomic E-state index is 13.4. The first kappa shape index (κ1) is 18.4. The van der Waals surface area contributed by atoms with Gasteiger partial charge in [-0.1, -0.05) is 11.6 Å². The fraction of sp³-hybridized carbons (Fsp3) is 0. The van der Waals surface area contributed by atoms with Gasteiger partial charge in [-0.2, -0.15) is 4.39 Å². The molecule has 0 aromatic heterocycles. The molecule has 0 unspecified atom stereocenters. The number of rotatable bonds is 5. The molecule has 0 amide bonds. The Labute approximate surface area is 148 Å². The summed E-state index contributed by atoms with van der Waals surface area (Å²) in [5.41, 5.74) is -3.12. The van der Waals surface area contributed by atoms with Gasteiger partial charge in [0, 0.05) is 11.6 Å². The van der Waals surface area contributed by atoms with Gasteiger partial charge in [0.25, 0.3) is 10.9 Å². The lowest BCUT2D eigenvalue weighted by Crippen LogP contribution is -2.09. The first-order valence-corrected chi connectivity index (χ1v) is 7.06. The van der Waals surface area contributed by atoms with E-state index in [0.717, 1.165) is 18.2 Å². The van der Waals surface area contributed by atoms with Gasteiger partial charge in [0.2, 0.25) is 5.82 Å². The van der Waals surface area contributed by atoms with E-state index in [4.69, 9.17) is 23.2 Å². The second-order valence-corrected chi connectivity index (χ2v) is 5.33. The molecule has 0 aliphatic carbocycles. The number of nitrogens with zero attached hydrogens (tertiary/aromatic N) is 2. The summed E-state index contributed by atoms with van der Waals surface area (Å²) in [6, 6.07) is 4.22. The lowest BCUT2D eigenvalue weighted by molar-refractivity contribution is -0.387. The molecule has 2 aromatic rings. The second kappa shape index (κ2) is 6.91. The topological polar surface area (TPSA) is 120 Å². The number of ketones is 1. The molecule has 0 saturated carbocycles. The number of hydrogen-bond acceptors (Lipinski definition) is 6. The Kier molecular flexibility index (Phi) is 5.10. The van der Waals surface area contributed by atoms with Gasteiger partial charge >= 0.3 is 5.69 Å². The predicted octanol–water partition coefficient (Wildman–Crippen LogP) is 3.91. The molecule has 0 aliphatic rings. The number of benzene rings is 2. The Morgan fingerprint density at radius 1 is 1.00 bits per heavy atom. The van der Waals surface area contributed by atoms with Crippen molar-refractivity contribution in [1.82, 2.24) is 0 Å². The normalized spacial score (nSPS) is 10.4. The maximum Gasteiger partial charge on any atom is 0.305 e. The van der Waals surface area contributed by atoms with Gasteiger partial charge in [0.15, 0.2) is 5.78 Å². The number of hydrogen-bond donors (Lipinski definition) is 0. The zero-order valence-corrected chi connectivity index (χ0v) is 13.4. The third-order valence-electron chi connectivity index (χ3n) is 3.16. The lowest BCUT2D eigenvalue weighted by atomic mass is 9.99. The van der Waals surface area contributed by atoms with Gasteiger partial charge in [-0.25, -0.2) is 0 Å². The van der Waals surface area contributed by atoms with Crippen molar-refractivity contribution in [1.29, 1.82) is 0 Å². The van der Waals surface area contributed by atoms with E-state index < -0.39 is 48.7 Å². The molecule has 8 nitrogen and oxygen atoms in total. The van der Waals surface area contributed by atoms with Crippen molar-refractivity contribution in [3.05, 3.63) is 78.1 Å². The molecule has 0 atom stereocenters. The number of nitro benzene ring substituents is 2. The van der Waals surface area contributed by atoms with Gasteiger partial charge in [-0.15, -0.1) is 0 Å². The van der Waals surface area contributed by atoms with Crippen LogP contribution >= 0.6 is 23.2 Å². The second-order valence-electron chi connectivity index (χ2n) is 4.61. The van der Waals surface area contributed by atoms with Crippen LogP contribution in [-0.2, 0) is 0 Å². The minimum absolute atomic E-state index is 0.364. The molecule has 0 aliphatic heterocycles.